The van der Waals surface area contributed by atoms with Gasteiger partial charge in [-0.3, -0.25) is 10.1 Å². The predicted octanol–water partition coefficient (Wildman–Crippen LogP) is 3.75. The van der Waals surface area contributed by atoms with Gasteiger partial charge in [0.25, 0.3) is 10.0 Å². The van der Waals surface area contributed by atoms with Gasteiger partial charge in [-0.1, -0.05) is 28.9 Å². The molecular weight excluding hydrogens is 382 g/mol. The number of halogens is 1. The highest BCUT2D eigenvalue weighted by atomic mass is 35.5. The van der Waals surface area contributed by atoms with Crippen LogP contribution < -0.4 is 0 Å². The second-order valence-corrected chi connectivity index (χ2v) is 7.43. The zero-order chi connectivity index (χ0) is 18.9. The van der Waals surface area contributed by atoms with Crippen LogP contribution in [0, 0.1) is 17.0 Å². The van der Waals surface area contributed by atoms with Crippen molar-refractivity contribution >= 4 is 39.5 Å². The number of nitro groups is 1. The van der Waals surface area contributed by atoms with E-state index in [4.69, 9.17) is 16.1 Å². The number of benzene rings is 1. The van der Waals surface area contributed by atoms with Crippen molar-refractivity contribution in [1.82, 2.24) is 9.13 Å². The molecule has 0 radical (unpaired) electrons. The molecule has 0 unspecified atom stereocenters. The molecule has 26 heavy (non-hydrogen) atoms. The van der Waals surface area contributed by atoms with E-state index in [1.807, 2.05) is 0 Å². The molecule has 3 aromatic rings. The molecule has 3 rings (SSSR count). The molecule has 134 valence electrons. The highest BCUT2D eigenvalue weighted by Crippen LogP contribution is 2.27. The molecule has 0 bridgehead atoms. The van der Waals surface area contributed by atoms with Crippen molar-refractivity contribution in [3.8, 4) is 0 Å². The molecule has 2 aromatic heterocycles. The summed E-state index contributed by atoms with van der Waals surface area (Å²) in [6.45, 7) is 1.45. The lowest BCUT2D eigenvalue weighted by Gasteiger charge is -2.09. The summed E-state index contributed by atoms with van der Waals surface area (Å²) in [5.41, 5.74) is 0.135. The van der Waals surface area contributed by atoms with Crippen molar-refractivity contribution in [1.29, 1.82) is 0 Å². The minimum atomic E-state index is -3.93. The lowest BCUT2D eigenvalue weighted by atomic mass is 10.3. The monoisotopic (exact) mass is 393 g/mol. The molecule has 2 heterocycles. The first-order valence-electron chi connectivity index (χ1n) is 7.28. The average Bonchev–Trinajstić information content (AvgIpc) is 3.19. The van der Waals surface area contributed by atoms with Crippen LogP contribution in [-0.4, -0.2) is 22.5 Å². The minimum absolute atomic E-state index is 0.0472. The summed E-state index contributed by atoms with van der Waals surface area (Å²) in [6, 6.07) is 9.15. The van der Waals surface area contributed by atoms with Gasteiger partial charge in [-0.25, -0.2) is 12.4 Å². The summed E-state index contributed by atoms with van der Waals surface area (Å²) in [4.78, 5) is 10.4. The topological polar surface area (TPSA) is 108 Å². The van der Waals surface area contributed by atoms with Crippen molar-refractivity contribution in [2.45, 2.75) is 11.8 Å². The summed E-state index contributed by atoms with van der Waals surface area (Å²) in [5.74, 6) is -0.0737. The number of aryl methyl sites for hydroxylation is 1. The van der Waals surface area contributed by atoms with E-state index in [0.29, 0.717) is 0 Å². The Morgan fingerprint density at radius 3 is 2.65 bits per heavy atom. The van der Waals surface area contributed by atoms with Gasteiger partial charge in [-0.05, 0) is 43.3 Å². The van der Waals surface area contributed by atoms with Crippen LogP contribution in [-0.2, 0) is 10.0 Å². The maximum atomic E-state index is 12.8. The van der Waals surface area contributed by atoms with Gasteiger partial charge >= 0.3 is 5.69 Å². The van der Waals surface area contributed by atoms with E-state index in [0.717, 1.165) is 3.97 Å². The van der Waals surface area contributed by atoms with Crippen LogP contribution in [0.5, 0.6) is 0 Å². The summed E-state index contributed by atoms with van der Waals surface area (Å²) in [5, 5.41) is 14.7. The molecule has 0 N–H and O–H groups in total. The molecule has 8 nitrogen and oxygen atoms in total. The van der Waals surface area contributed by atoms with Gasteiger partial charge in [-0.2, -0.15) is 0 Å². The van der Waals surface area contributed by atoms with E-state index < -0.39 is 14.9 Å². The lowest BCUT2D eigenvalue weighted by molar-refractivity contribution is -0.386. The smallest absolute Gasteiger partial charge is 0.338 e. The van der Waals surface area contributed by atoms with Crippen LogP contribution in [0.25, 0.3) is 12.2 Å². The standard InChI is InChI=1S/C16H12ClN3O5S/c1-11-16(20(21)22)14(25-18-11)9-8-12-5-4-10-19(12)26(23,24)15-7-3-2-6-13(15)17/h2-10H,1H3/b9-8+. The predicted molar refractivity (Wildman–Crippen MR) is 95.3 cm³/mol. The van der Waals surface area contributed by atoms with E-state index in [9.17, 15) is 18.5 Å². The summed E-state index contributed by atoms with van der Waals surface area (Å²) in [7, 11) is -3.93. The Balaban J connectivity index is 2.03. The third kappa shape index (κ3) is 3.14. The SMILES string of the molecule is Cc1noc(/C=C/c2cccn2S(=O)(=O)c2ccccc2Cl)c1[N+](=O)[O-]. The normalized spacial score (nSPS) is 11.9. The third-order valence-electron chi connectivity index (χ3n) is 3.56. The van der Waals surface area contributed by atoms with Crippen molar-refractivity contribution in [3.63, 3.8) is 0 Å². The second kappa shape index (κ2) is 6.77. The quantitative estimate of drug-likeness (QED) is 0.482. The molecule has 0 saturated heterocycles. The molecule has 0 aliphatic heterocycles. The maximum absolute atomic E-state index is 12.8. The Labute approximate surface area is 153 Å². The molecule has 0 fully saturated rings. The summed E-state index contributed by atoms with van der Waals surface area (Å²) >= 11 is 6.00. The molecule has 10 heteroatoms. The molecule has 0 atom stereocenters. The van der Waals surface area contributed by atoms with Crippen molar-refractivity contribution in [2.75, 3.05) is 0 Å². The van der Waals surface area contributed by atoms with Crippen LogP contribution in [0.3, 0.4) is 0 Å². The van der Waals surface area contributed by atoms with Gasteiger partial charge in [0.15, 0.2) is 5.69 Å². The van der Waals surface area contributed by atoms with Crippen LogP contribution in [0.15, 0.2) is 52.0 Å². The van der Waals surface area contributed by atoms with E-state index in [1.165, 1.54) is 43.5 Å². The first-order valence-corrected chi connectivity index (χ1v) is 9.10. The third-order valence-corrected chi connectivity index (χ3v) is 5.77. The van der Waals surface area contributed by atoms with Crippen LogP contribution in [0.4, 0.5) is 5.69 Å². The first kappa shape index (κ1) is 17.9. The van der Waals surface area contributed by atoms with E-state index in [1.54, 1.807) is 18.2 Å². The largest absolute Gasteiger partial charge is 0.349 e. The molecule has 0 amide bonds. The van der Waals surface area contributed by atoms with Crippen LogP contribution in [0.2, 0.25) is 5.02 Å². The van der Waals surface area contributed by atoms with Crippen molar-refractivity contribution < 1.29 is 17.9 Å². The molecule has 0 spiro atoms. The van der Waals surface area contributed by atoms with Gasteiger partial charge in [0.05, 0.1) is 15.6 Å². The maximum Gasteiger partial charge on any atom is 0.338 e. The number of hydrogen-bond acceptors (Lipinski definition) is 6. The molecular formula is C16H12ClN3O5S. The van der Waals surface area contributed by atoms with Crippen LogP contribution in [0.1, 0.15) is 17.1 Å². The Morgan fingerprint density at radius 2 is 1.96 bits per heavy atom. The zero-order valence-electron chi connectivity index (χ0n) is 13.4. The number of nitrogens with zero attached hydrogens (tertiary/aromatic N) is 3. The van der Waals surface area contributed by atoms with E-state index in [-0.39, 0.29) is 32.8 Å². The van der Waals surface area contributed by atoms with E-state index in [2.05, 4.69) is 5.16 Å². The zero-order valence-corrected chi connectivity index (χ0v) is 14.9. The van der Waals surface area contributed by atoms with Gasteiger partial charge in [0.1, 0.15) is 4.90 Å². The highest BCUT2D eigenvalue weighted by molar-refractivity contribution is 7.90. The highest BCUT2D eigenvalue weighted by Gasteiger charge is 2.23. The lowest BCUT2D eigenvalue weighted by Crippen LogP contribution is -2.13. The Bertz CT molecular complexity index is 1110. The van der Waals surface area contributed by atoms with Crippen LogP contribution >= 0.6 is 11.6 Å². The Kier molecular flexibility index (Phi) is 4.66. The van der Waals surface area contributed by atoms with E-state index >= 15 is 0 Å². The van der Waals surface area contributed by atoms with Gasteiger partial charge < -0.3 is 4.52 Å². The summed E-state index contributed by atoms with van der Waals surface area (Å²) in [6.07, 6.45) is 4.05. The van der Waals surface area contributed by atoms with Gasteiger partial charge in [-0.15, -0.1) is 0 Å². The Morgan fingerprint density at radius 1 is 1.23 bits per heavy atom. The average molecular weight is 394 g/mol. The number of rotatable bonds is 5. The van der Waals surface area contributed by atoms with Gasteiger partial charge in [0, 0.05) is 6.20 Å². The minimum Gasteiger partial charge on any atom is -0.349 e. The molecule has 0 aliphatic rings. The molecule has 1 aromatic carbocycles. The van der Waals surface area contributed by atoms with Crippen molar-refractivity contribution in [2.24, 2.45) is 0 Å². The van der Waals surface area contributed by atoms with Crippen molar-refractivity contribution in [3.05, 3.63) is 74.9 Å². The second-order valence-electron chi connectivity index (χ2n) is 5.24. The molecule has 0 aliphatic carbocycles. The first-order chi connectivity index (χ1) is 12.3. The Hall–Kier alpha value is -2.91. The fourth-order valence-corrected chi connectivity index (χ4v) is 4.20. The fourth-order valence-electron chi connectivity index (χ4n) is 2.36. The number of hydrogen-bond donors (Lipinski definition) is 0. The number of aromatic nitrogens is 2. The van der Waals surface area contributed by atoms with Gasteiger partial charge in [0.2, 0.25) is 5.76 Å². The fraction of sp³-hybridized carbons (Fsp3) is 0.0625. The molecule has 0 saturated carbocycles. The summed E-state index contributed by atoms with van der Waals surface area (Å²) < 4.78 is 31.6.